The lowest BCUT2D eigenvalue weighted by Crippen LogP contribution is -2.15. The number of thioether (sulfide) groups is 1. The van der Waals surface area contributed by atoms with Crippen LogP contribution in [0.15, 0.2) is 23.2 Å². The van der Waals surface area contributed by atoms with Crippen LogP contribution < -0.4 is 14.8 Å². The van der Waals surface area contributed by atoms with Gasteiger partial charge in [0.2, 0.25) is 5.91 Å². The van der Waals surface area contributed by atoms with Crippen molar-refractivity contribution >= 4 is 44.9 Å². The first-order chi connectivity index (χ1) is 14.5. The van der Waals surface area contributed by atoms with Gasteiger partial charge < -0.3 is 14.8 Å². The van der Waals surface area contributed by atoms with E-state index in [-0.39, 0.29) is 11.7 Å². The summed E-state index contributed by atoms with van der Waals surface area (Å²) in [5.74, 6) is 2.84. The maximum absolute atomic E-state index is 12.7. The third kappa shape index (κ3) is 4.25. The number of methoxy groups -OCH3 is 2. The normalized spacial score (nSPS) is 15.7. The molecule has 3 aromatic rings. The van der Waals surface area contributed by atoms with Crippen molar-refractivity contribution in [3.05, 3.63) is 34.5 Å². The second-order valence-corrected chi connectivity index (χ2v) is 9.56. The van der Waals surface area contributed by atoms with E-state index in [1.807, 2.05) is 6.92 Å². The number of carbonyl (C=O) groups excluding carboxylic acids is 1. The SMILES string of the molecule is COc1ccc(OC)c(NC(=O)CSc2nc(C)nc3sc4c(c23)CC[C@H](C)C4)c1. The van der Waals surface area contributed by atoms with E-state index in [9.17, 15) is 4.79 Å². The first kappa shape index (κ1) is 20.9. The predicted molar refractivity (Wildman–Crippen MR) is 122 cm³/mol. The van der Waals surface area contributed by atoms with Gasteiger partial charge in [-0.15, -0.1) is 11.3 Å². The Morgan fingerprint density at radius 3 is 2.90 bits per heavy atom. The number of hydrogen-bond donors (Lipinski definition) is 1. The standard InChI is InChI=1S/C22H25N3O3S2/c1-12-5-7-15-18(9-12)30-22-20(15)21(23-13(2)24-22)29-11-19(26)25-16-10-14(27-3)6-8-17(16)28-4/h6,8,10,12H,5,7,9,11H2,1-4H3,(H,25,26)/t12-/m0/s1. The smallest absolute Gasteiger partial charge is 0.234 e. The van der Waals surface area contributed by atoms with Gasteiger partial charge >= 0.3 is 0 Å². The number of aryl methyl sites for hydroxylation is 2. The average molecular weight is 444 g/mol. The second-order valence-electron chi connectivity index (χ2n) is 7.51. The molecule has 0 saturated heterocycles. The highest BCUT2D eigenvalue weighted by Gasteiger charge is 2.24. The summed E-state index contributed by atoms with van der Waals surface area (Å²) in [6.07, 6.45) is 3.35. The van der Waals surface area contributed by atoms with Crippen LogP contribution in [0.5, 0.6) is 11.5 Å². The van der Waals surface area contributed by atoms with Crippen LogP contribution in [0.1, 0.15) is 29.6 Å². The molecule has 1 aliphatic rings. The van der Waals surface area contributed by atoms with E-state index in [2.05, 4.69) is 22.2 Å². The molecule has 0 spiro atoms. The fourth-order valence-electron chi connectivity index (χ4n) is 3.75. The van der Waals surface area contributed by atoms with Gasteiger partial charge in [0.1, 0.15) is 27.2 Å². The van der Waals surface area contributed by atoms with Crippen LogP contribution >= 0.6 is 23.1 Å². The van der Waals surface area contributed by atoms with Crippen molar-refractivity contribution in [1.29, 1.82) is 0 Å². The molecule has 2 aromatic heterocycles. The topological polar surface area (TPSA) is 73.3 Å². The Morgan fingerprint density at radius 2 is 2.13 bits per heavy atom. The molecular weight excluding hydrogens is 418 g/mol. The van der Waals surface area contributed by atoms with Crippen molar-refractivity contribution < 1.29 is 14.3 Å². The number of rotatable bonds is 6. The largest absolute Gasteiger partial charge is 0.497 e. The minimum absolute atomic E-state index is 0.117. The quantitative estimate of drug-likeness (QED) is 0.433. The van der Waals surface area contributed by atoms with Gasteiger partial charge in [-0.3, -0.25) is 4.79 Å². The monoisotopic (exact) mass is 443 g/mol. The molecule has 0 unspecified atom stereocenters. The van der Waals surface area contributed by atoms with Gasteiger partial charge in [-0.2, -0.15) is 0 Å². The third-order valence-electron chi connectivity index (χ3n) is 5.25. The van der Waals surface area contributed by atoms with Gasteiger partial charge in [0.15, 0.2) is 0 Å². The molecular formula is C22H25N3O3S2. The van der Waals surface area contributed by atoms with Crippen LogP contribution in [0.2, 0.25) is 0 Å². The Balaban J connectivity index is 1.55. The Labute approximate surface area is 184 Å². The van der Waals surface area contributed by atoms with Crippen molar-refractivity contribution in [3.63, 3.8) is 0 Å². The third-order valence-corrected chi connectivity index (χ3v) is 7.38. The van der Waals surface area contributed by atoms with Crippen molar-refractivity contribution in [1.82, 2.24) is 9.97 Å². The van der Waals surface area contributed by atoms with E-state index in [0.29, 0.717) is 23.1 Å². The van der Waals surface area contributed by atoms with E-state index in [4.69, 9.17) is 9.47 Å². The van der Waals surface area contributed by atoms with E-state index in [0.717, 1.165) is 33.9 Å². The lowest BCUT2D eigenvalue weighted by Gasteiger charge is -2.18. The van der Waals surface area contributed by atoms with Crippen molar-refractivity contribution in [3.8, 4) is 11.5 Å². The van der Waals surface area contributed by atoms with Gasteiger partial charge in [0.05, 0.1) is 25.7 Å². The number of nitrogens with zero attached hydrogens (tertiary/aromatic N) is 2. The summed E-state index contributed by atoms with van der Waals surface area (Å²) in [5, 5.41) is 4.97. The number of benzene rings is 1. The molecule has 0 fully saturated rings. The molecule has 0 radical (unpaired) electrons. The predicted octanol–water partition coefficient (Wildman–Crippen LogP) is 4.87. The van der Waals surface area contributed by atoms with Crippen LogP contribution in [-0.4, -0.2) is 35.8 Å². The molecule has 0 aliphatic heterocycles. The second kappa shape index (κ2) is 8.81. The molecule has 30 heavy (non-hydrogen) atoms. The van der Waals surface area contributed by atoms with Crippen LogP contribution in [0.3, 0.4) is 0 Å². The van der Waals surface area contributed by atoms with Gasteiger partial charge in [-0.05, 0) is 49.8 Å². The maximum Gasteiger partial charge on any atom is 0.234 e. The molecule has 2 heterocycles. The number of thiophene rings is 1. The number of carbonyl (C=O) groups is 1. The molecule has 1 aliphatic carbocycles. The highest BCUT2D eigenvalue weighted by atomic mass is 32.2. The summed E-state index contributed by atoms with van der Waals surface area (Å²) in [5.41, 5.74) is 1.97. The minimum atomic E-state index is -0.117. The van der Waals surface area contributed by atoms with E-state index in [1.165, 1.54) is 28.6 Å². The minimum Gasteiger partial charge on any atom is -0.497 e. The number of hydrogen-bond acceptors (Lipinski definition) is 7. The fraction of sp³-hybridized carbons (Fsp3) is 0.409. The lowest BCUT2D eigenvalue weighted by atomic mass is 9.89. The average Bonchev–Trinajstić information content (AvgIpc) is 3.08. The Hall–Kier alpha value is -2.32. The molecule has 4 rings (SSSR count). The first-order valence-electron chi connectivity index (χ1n) is 9.92. The molecule has 0 bridgehead atoms. The summed E-state index contributed by atoms with van der Waals surface area (Å²) in [7, 11) is 3.17. The Morgan fingerprint density at radius 1 is 1.30 bits per heavy atom. The van der Waals surface area contributed by atoms with Crippen LogP contribution in [-0.2, 0) is 17.6 Å². The Kier molecular flexibility index (Phi) is 6.15. The Bertz CT molecular complexity index is 1100. The lowest BCUT2D eigenvalue weighted by molar-refractivity contribution is -0.113. The zero-order valence-electron chi connectivity index (χ0n) is 17.6. The molecule has 1 aromatic carbocycles. The fourth-order valence-corrected chi connectivity index (χ4v) is 6.14. The van der Waals surface area contributed by atoms with Crippen molar-refractivity contribution in [2.45, 2.75) is 38.1 Å². The molecule has 8 heteroatoms. The van der Waals surface area contributed by atoms with Crippen molar-refractivity contribution in [2.75, 3.05) is 25.3 Å². The van der Waals surface area contributed by atoms with E-state index < -0.39 is 0 Å². The van der Waals surface area contributed by atoms with Gasteiger partial charge in [0.25, 0.3) is 0 Å². The highest BCUT2D eigenvalue weighted by molar-refractivity contribution is 8.00. The summed E-state index contributed by atoms with van der Waals surface area (Å²) in [6, 6.07) is 5.33. The summed E-state index contributed by atoms with van der Waals surface area (Å²) in [6.45, 7) is 4.21. The van der Waals surface area contributed by atoms with Crippen LogP contribution in [0.4, 0.5) is 5.69 Å². The number of anilines is 1. The number of amides is 1. The number of aromatic nitrogens is 2. The van der Waals surface area contributed by atoms with Gasteiger partial charge in [-0.1, -0.05) is 18.7 Å². The van der Waals surface area contributed by atoms with Gasteiger partial charge in [-0.25, -0.2) is 9.97 Å². The number of ether oxygens (including phenoxy) is 2. The number of nitrogens with one attached hydrogen (secondary N) is 1. The van der Waals surface area contributed by atoms with Gasteiger partial charge in [0, 0.05) is 16.3 Å². The molecule has 6 nitrogen and oxygen atoms in total. The van der Waals surface area contributed by atoms with Crippen molar-refractivity contribution in [2.24, 2.45) is 5.92 Å². The molecule has 1 atom stereocenters. The number of fused-ring (bicyclic) bond motifs is 3. The first-order valence-corrected chi connectivity index (χ1v) is 11.7. The maximum atomic E-state index is 12.7. The van der Waals surface area contributed by atoms with E-state index in [1.54, 1.807) is 43.8 Å². The summed E-state index contributed by atoms with van der Waals surface area (Å²) >= 11 is 3.25. The zero-order valence-corrected chi connectivity index (χ0v) is 19.2. The van der Waals surface area contributed by atoms with Crippen LogP contribution in [0.25, 0.3) is 10.2 Å². The molecule has 158 valence electrons. The molecule has 1 N–H and O–H groups in total. The van der Waals surface area contributed by atoms with E-state index >= 15 is 0 Å². The summed E-state index contributed by atoms with van der Waals surface area (Å²) in [4.78, 5) is 24.5. The zero-order chi connectivity index (χ0) is 21.3. The summed E-state index contributed by atoms with van der Waals surface area (Å²) < 4.78 is 10.6. The molecule has 0 saturated carbocycles. The highest BCUT2D eigenvalue weighted by Crippen LogP contribution is 2.41. The van der Waals surface area contributed by atoms with Crippen LogP contribution in [0, 0.1) is 12.8 Å². The molecule has 1 amide bonds.